The third-order valence-electron chi connectivity index (χ3n) is 4.16. The molecule has 2 N–H and O–H groups in total. The van der Waals surface area contributed by atoms with Crippen LogP contribution < -0.4 is 11.2 Å². The average Bonchev–Trinajstić information content (AvgIpc) is 2.93. The molecule has 8 heteroatoms. The highest BCUT2D eigenvalue weighted by atomic mass is 19.1. The van der Waals surface area contributed by atoms with Crippen molar-refractivity contribution in [3.63, 3.8) is 0 Å². The van der Waals surface area contributed by atoms with E-state index in [-0.39, 0.29) is 16.8 Å². The number of nitrogens with one attached hydrogen (secondary N) is 1. The summed E-state index contributed by atoms with van der Waals surface area (Å²) >= 11 is 0. The van der Waals surface area contributed by atoms with Crippen molar-refractivity contribution in [3.05, 3.63) is 91.9 Å². The van der Waals surface area contributed by atoms with Crippen LogP contribution in [0.15, 0.2) is 58.1 Å². The zero-order valence-corrected chi connectivity index (χ0v) is 13.1. The third kappa shape index (κ3) is 2.31. The number of aromatic nitrogens is 2. The van der Waals surface area contributed by atoms with Crippen molar-refractivity contribution in [2.75, 3.05) is 0 Å². The van der Waals surface area contributed by atoms with Crippen LogP contribution in [0.25, 0.3) is 5.69 Å². The topological polar surface area (TPSA) is 101 Å². The van der Waals surface area contributed by atoms with Gasteiger partial charge in [-0.1, -0.05) is 18.2 Å². The molecule has 130 valence electrons. The van der Waals surface area contributed by atoms with Gasteiger partial charge < -0.3 is 9.84 Å². The lowest BCUT2D eigenvalue weighted by Crippen LogP contribution is -2.32. The Labute approximate surface area is 144 Å². The second-order valence-corrected chi connectivity index (χ2v) is 5.68. The third-order valence-corrected chi connectivity index (χ3v) is 4.16. The molecular formula is C18H11FN2O5. The van der Waals surface area contributed by atoms with Crippen molar-refractivity contribution < 1.29 is 19.0 Å². The van der Waals surface area contributed by atoms with E-state index in [1.807, 2.05) is 0 Å². The number of aromatic amines is 1. The largest absolute Gasteiger partial charge is 0.494 e. The molecule has 0 radical (unpaired) electrons. The second-order valence-electron chi connectivity index (χ2n) is 5.68. The number of halogens is 1. The molecule has 3 aromatic rings. The summed E-state index contributed by atoms with van der Waals surface area (Å²) in [6.07, 6.45) is -1.16. The maximum Gasteiger partial charge on any atom is 0.339 e. The highest BCUT2D eigenvalue weighted by Gasteiger charge is 2.36. The summed E-state index contributed by atoms with van der Waals surface area (Å²) in [4.78, 5) is 38.6. The van der Waals surface area contributed by atoms with Crippen molar-refractivity contribution >= 4 is 5.97 Å². The quantitative estimate of drug-likeness (QED) is 0.681. The zero-order chi connectivity index (χ0) is 18.4. The first-order chi connectivity index (χ1) is 12.5. The molecule has 0 saturated carbocycles. The summed E-state index contributed by atoms with van der Waals surface area (Å²) in [6.45, 7) is 0. The first kappa shape index (κ1) is 15.8. The fraction of sp³-hybridized carbons (Fsp3) is 0.0556. The van der Waals surface area contributed by atoms with Gasteiger partial charge in [0.1, 0.15) is 11.4 Å². The number of esters is 1. The minimum Gasteiger partial charge on any atom is -0.494 e. The summed E-state index contributed by atoms with van der Waals surface area (Å²) in [6, 6.07) is 11.2. The molecule has 2 aromatic carbocycles. The monoisotopic (exact) mass is 354 g/mol. The number of carbonyl (C=O) groups excluding carboxylic acids is 1. The van der Waals surface area contributed by atoms with E-state index < -0.39 is 35.0 Å². The van der Waals surface area contributed by atoms with Gasteiger partial charge in [0.05, 0.1) is 11.3 Å². The number of H-pyrrole nitrogens is 1. The molecule has 7 nitrogen and oxygen atoms in total. The van der Waals surface area contributed by atoms with Crippen LogP contribution >= 0.6 is 0 Å². The Kier molecular flexibility index (Phi) is 3.47. The van der Waals surface area contributed by atoms with Crippen molar-refractivity contribution in [2.45, 2.75) is 6.10 Å². The van der Waals surface area contributed by atoms with Gasteiger partial charge in [-0.3, -0.25) is 9.78 Å². The van der Waals surface area contributed by atoms with E-state index in [2.05, 4.69) is 4.98 Å². The Balaban J connectivity index is 1.96. The summed E-state index contributed by atoms with van der Waals surface area (Å²) < 4.78 is 19.2. The molecular weight excluding hydrogens is 343 g/mol. The van der Waals surface area contributed by atoms with Gasteiger partial charge in [0.15, 0.2) is 6.10 Å². The van der Waals surface area contributed by atoms with Crippen molar-refractivity contribution in [2.24, 2.45) is 0 Å². The Morgan fingerprint density at radius 1 is 1.04 bits per heavy atom. The maximum atomic E-state index is 13.1. The van der Waals surface area contributed by atoms with Gasteiger partial charge in [0, 0.05) is 5.56 Å². The molecule has 0 amide bonds. The number of nitrogens with zero attached hydrogens (tertiary/aromatic N) is 1. The average molecular weight is 354 g/mol. The molecule has 0 fully saturated rings. The number of rotatable bonds is 2. The molecule has 1 atom stereocenters. The van der Waals surface area contributed by atoms with E-state index in [9.17, 15) is 23.9 Å². The first-order valence-corrected chi connectivity index (χ1v) is 7.61. The smallest absolute Gasteiger partial charge is 0.339 e. The number of fused-ring (bicyclic) bond motifs is 1. The van der Waals surface area contributed by atoms with E-state index in [0.717, 1.165) is 16.7 Å². The van der Waals surface area contributed by atoms with E-state index in [1.165, 1.54) is 12.1 Å². The predicted molar refractivity (Wildman–Crippen MR) is 88.0 cm³/mol. The predicted octanol–water partition coefficient (Wildman–Crippen LogP) is 1.63. The van der Waals surface area contributed by atoms with E-state index in [0.29, 0.717) is 5.56 Å². The fourth-order valence-corrected chi connectivity index (χ4v) is 2.96. The van der Waals surface area contributed by atoms with Crippen molar-refractivity contribution in [1.82, 2.24) is 9.55 Å². The highest BCUT2D eigenvalue weighted by molar-refractivity contribution is 5.94. The molecule has 0 bridgehead atoms. The Morgan fingerprint density at radius 3 is 2.46 bits per heavy atom. The SMILES string of the molecule is O=C1O[C@@H](c2c(O)n(-c3ccc(F)cc3)c(=O)[nH]c2=O)c2ccccc21. The summed E-state index contributed by atoms with van der Waals surface area (Å²) in [5, 5.41) is 10.6. The number of hydrogen-bond acceptors (Lipinski definition) is 5. The van der Waals surface area contributed by atoms with E-state index in [4.69, 9.17) is 4.74 Å². The van der Waals surface area contributed by atoms with Crippen LogP contribution in [0.4, 0.5) is 4.39 Å². The van der Waals surface area contributed by atoms with Gasteiger partial charge in [-0.05, 0) is 30.3 Å². The number of hydrogen-bond donors (Lipinski definition) is 2. The Morgan fingerprint density at radius 2 is 1.73 bits per heavy atom. The molecule has 1 aliphatic heterocycles. The molecule has 0 aliphatic carbocycles. The number of cyclic esters (lactones) is 1. The Bertz CT molecular complexity index is 1150. The Hall–Kier alpha value is -3.68. The standard InChI is InChI=1S/C18H11FN2O5/c19-9-5-7-10(8-6-9)21-16(23)13(15(22)20-18(21)25)14-11-3-1-2-4-12(11)17(24)26-14/h1-8,14,23H,(H,20,22,25)/t14-/m1/s1. The molecule has 0 unspecified atom stereocenters. The molecule has 1 aliphatic rings. The van der Waals surface area contributed by atoms with E-state index in [1.54, 1.807) is 24.3 Å². The molecule has 2 heterocycles. The summed E-state index contributed by atoms with van der Waals surface area (Å²) in [5.74, 6) is -1.84. The van der Waals surface area contributed by atoms with Gasteiger partial charge in [-0.25, -0.2) is 18.5 Å². The lowest BCUT2D eigenvalue weighted by Gasteiger charge is -2.15. The highest BCUT2D eigenvalue weighted by Crippen LogP contribution is 2.37. The molecule has 0 spiro atoms. The van der Waals surface area contributed by atoms with Gasteiger partial charge in [-0.15, -0.1) is 0 Å². The van der Waals surface area contributed by atoms with Crippen LogP contribution in [-0.4, -0.2) is 20.6 Å². The first-order valence-electron chi connectivity index (χ1n) is 7.61. The number of aromatic hydroxyl groups is 1. The number of carbonyl (C=O) groups is 1. The van der Waals surface area contributed by atoms with Gasteiger partial charge >= 0.3 is 11.7 Å². The molecule has 4 rings (SSSR count). The summed E-state index contributed by atoms with van der Waals surface area (Å²) in [5.41, 5.74) is -1.24. The minimum atomic E-state index is -1.16. The van der Waals surface area contributed by atoms with Crippen molar-refractivity contribution in [1.29, 1.82) is 0 Å². The van der Waals surface area contributed by atoms with Crippen LogP contribution in [-0.2, 0) is 4.74 Å². The number of benzene rings is 2. The van der Waals surface area contributed by atoms with Crippen LogP contribution in [0.5, 0.6) is 5.88 Å². The lowest BCUT2D eigenvalue weighted by molar-refractivity contribution is 0.0449. The number of ether oxygens (including phenoxy) is 1. The van der Waals surface area contributed by atoms with Crippen LogP contribution in [0, 0.1) is 5.82 Å². The van der Waals surface area contributed by atoms with Gasteiger partial charge in [-0.2, -0.15) is 0 Å². The van der Waals surface area contributed by atoms with E-state index >= 15 is 0 Å². The molecule has 26 heavy (non-hydrogen) atoms. The van der Waals surface area contributed by atoms with Gasteiger partial charge in [0.25, 0.3) is 5.56 Å². The summed E-state index contributed by atoms with van der Waals surface area (Å²) in [7, 11) is 0. The van der Waals surface area contributed by atoms with Crippen molar-refractivity contribution in [3.8, 4) is 11.6 Å². The maximum absolute atomic E-state index is 13.1. The molecule has 1 aromatic heterocycles. The van der Waals surface area contributed by atoms with Crippen LogP contribution in [0.1, 0.15) is 27.6 Å². The van der Waals surface area contributed by atoms with Crippen LogP contribution in [0.2, 0.25) is 0 Å². The zero-order valence-electron chi connectivity index (χ0n) is 13.1. The fourth-order valence-electron chi connectivity index (χ4n) is 2.96. The minimum absolute atomic E-state index is 0.143. The molecule has 0 saturated heterocycles. The second kappa shape index (κ2) is 5.69. The normalized spacial score (nSPS) is 15.6. The van der Waals surface area contributed by atoms with Crippen LogP contribution in [0.3, 0.4) is 0 Å². The lowest BCUT2D eigenvalue weighted by atomic mass is 10.0. The van der Waals surface area contributed by atoms with Gasteiger partial charge in [0.2, 0.25) is 5.88 Å².